The molecule has 0 amide bonds. The zero-order valence-electron chi connectivity index (χ0n) is 9.04. The van der Waals surface area contributed by atoms with E-state index < -0.39 is 0 Å². The molecule has 2 saturated heterocycles. The Hall–Kier alpha value is 0.610. The van der Waals surface area contributed by atoms with Crippen molar-refractivity contribution in [2.24, 2.45) is 0 Å². The highest BCUT2D eigenvalue weighted by Gasteiger charge is 2.35. The van der Waals surface area contributed by atoms with Gasteiger partial charge in [0.15, 0.2) is 0 Å². The normalized spacial score (nSPS) is 27.8. The molecule has 2 heterocycles. The number of rotatable bonds is 3. The molecule has 15 heavy (non-hydrogen) atoms. The molecule has 2 aliphatic heterocycles. The smallest absolute Gasteiger partial charge is 0.0819 e. The van der Waals surface area contributed by atoms with Gasteiger partial charge in [0, 0.05) is 43.7 Å². The fourth-order valence-corrected chi connectivity index (χ4v) is 3.12. The average molecular weight is 326 g/mol. The molecule has 3 nitrogen and oxygen atoms in total. The van der Waals surface area contributed by atoms with Crippen molar-refractivity contribution in [3.05, 3.63) is 0 Å². The number of ether oxygens (including phenoxy) is 3. The summed E-state index contributed by atoms with van der Waals surface area (Å²) in [5.74, 6) is 0. The van der Waals surface area contributed by atoms with Gasteiger partial charge in [0.05, 0.1) is 11.7 Å². The lowest BCUT2D eigenvalue weighted by Crippen LogP contribution is -2.44. The van der Waals surface area contributed by atoms with Crippen molar-refractivity contribution in [3.8, 4) is 0 Å². The van der Waals surface area contributed by atoms with Crippen LogP contribution in [-0.4, -0.2) is 42.6 Å². The van der Waals surface area contributed by atoms with E-state index in [2.05, 4.69) is 22.6 Å². The summed E-state index contributed by atoms with van der Waals surface area (Å²) in [4.78, 5) is 0. The molecule has 2 aliphatic rings. The molecule has 0 unspecified atom stereocenters. The van der Waals surface area contributed by atoms with Crippen LogP contribution in [0.15, 0.2) is 0 Å². The molecule has 0 aromatic carbocycles. The molecule has 0 atom stereocenters. The first-order valence-electron chi connectivity index (χ1n) is 5.74. The predicted octanol–water partition coefficient (Wildman–Crippen LogP) is 2.17. The molecule has 0 radical (unpaired) electrons. The maximum absolute atomic E-state index is 6.30. The fourth-order valence-electron chi connectivity index (χ4n) is 2.17. The highest BCUT2D eigenvalue weighted by atomic mass is 127. The summed E-state index contributed by atoms with van der Waals surface area (Å²) >= 11 is 2.44. The number of alkyl halides is 1. The van der Waals surface area contributed by atoms with Gasteiger partial charge in [-0.05, 0) is 12.8 Å². The summed E-state index contributed by atoms with van der Waals surface area (Å²) in [6.45, 7) is 3.43. The Balaban J connectivity index is 1.87. The summed E-state index contributed by atoms with van der Waals surface area (Å²) in [5.41, 5.74) is 0.0841. The largest absolute Gasteiger partial charge is 0.381 e. The molecule has 88 valence electrons. The van der Waals surface area contributed by atoms with Crippen LogP contribution in [0.25, 0.3) is 0 Å². The molecular weight excluding hydrogens is 307 g/mol. The lowest BCUT2D eigenvalue weighted by atomic mass is 9.95. The predicted molar refractivity (Wildman–Crippen MR) is 66.6 cm³/mol. The average Bonchev–Trinajstić information content (AvgIpc) is 2.32. The van der Waals surface area contributed by atoms with Crippen LogP contribution in [0.3, 0.4) is 0 Å². The van der Waals surface area contributed by atoms with Gasteiger partial charge in [0.1, 0.15) is 0 Å². The Morgan fingerprint density at radius 3 is 2.27 bits per heavy atom. The quantitative estimate of drug-likeness (QED) is 0.588. The Morgan fingerprint density at radius 2 is 1.67 bits per heavy atom. The summed E-state index contributed by atoms with van der Waals surface area (Å²) in [7, 11) is 0. The van der Waals surface area contributed by atoms with E-state index >= 15 is 0 Å². The topological polar surface area (TPSA) is 27.7 Å². The monoisotopic (exact) mass is 326 g/mol. The van der Waals surface area contributed by atoms with Crippen molar-refractivity contribution in [2.45, 2.75) is 37.4 Å². The molecule has 2 fully saturated rings. The van der Waals surface area contributed by atoms with Crippen molar-refractivity contribution >= 4 is 22.6 Å². The molecular formula is C11H19IO3. The van der Waals surface area contributed by atoms with Crippen LogP contribution in [0, 0.1) is 0 Å². The van der Waals surface area contributed by atoms with Crippen LogP contribution in [-0.2, 0) is 14.2 Å². The van der Waals surface area contributed by atoms with Crippen molar-refractivity contribution in [2.75, 3.05) is 30.9 Å². The van der Waals surface area contributed by atoms with Crippen LogP contribution in [0.4, 0.5) is 0 Å². The molecule has 0 aromatic rings. The zero-order valence-corrected chi connectivity index (χ0v) is 11.2. The van der Waals surface area contributed by atoms with E-state index in [4.69, 9.17) is 14.2 Å². The van der Waals surface area contributed by atoms with Crippen LogP contribution in [0.5, 0.6) is 0 Å². The lowest BCUT2D eigenvalue weighted by Gasteiger charge is -2.39. The van der Waals surface area contributed by atoms with Gasteiger partial charge < -0.3 is 14.2 Å². The third kappa shape index (κ3) is 3.28. The van der Waals surface area contributed by atoms with Gasteiger partial charge in [0.25, 0.3) is 0 Å². The number of hydrogen-bond acceptors (Lipinski definition) is 3. The SMILES string of the molecule is ICC1(OC2CCOCC2)CCOCC1. The van der Waals surface area contributed by atoms with Crippen molar-refractivity contribution < 1.29 is 14.2 Å². The number of halogens is 1. The summed E-state index contributed by atoms with van der Waals surface area (Å²) < 4.78 is 18.1. The molecule has 0 bridgehead atoms. The van der Waals surface area contributed by atoms with Gasteiger partial charge in [-0.3, -0.25) is 0 Å². The summed E-state index contributed by atoms with van der Waals surface area (Å²) in [6, 6.07) is 0. The second kappa shape index (κ2) is 5.80. The molecule has 0 aromatic heterocycles. The molecule has 0 N–H and O–H groups in total. The van der Waals surface area contributed by atoms with Gasteiger partial charge in [-0.2, -0.15) is 0 Å². The van der Waals surface area contributed by atoms with E-state index in [-0.39, 0.29) is 5.60 Å². The second-order valence-electron chi connectivity index (χ2n) is 4.36. The van der Waals surface area contributed by atoms with Gasteiger partial charge >= 0.3 is 0 Å². The number of hydrogen-bond donors (Lipinski definition) is 0. The Morgan fingerprint density at radius 1 is 1.07 bits per heavy atom. The first-order valence-corrected chi connectivity index (χ1v) is 7.26. The van der Waals surface area contributed by atoms with E-state index in [1.54, 1.807) is 0 Å². The van der Waals surface area contributed by atoms with E-state index in [1.165, 1.54) is 0 Å². The highest BCUT2D eigenvalue weighted by molar-refractivity contribution is 14.1. The maximum Gasteiger partial charge on any atom is 0.0819 e. The first-order chi connectivity index (χ1) is 7.35. The van der Waals surface area contributed by atoms with Crippen LogP contribution in [0.2, 0.25) is 0 Å². The van der Waals surface area contributed by atoms with Gasteiger partial charge in [-0.15, -0.1) is 0 Å². The lowest BCUT2D eigenvalue weighted by molar-refractivity contribution is -0.149. The van der Waals surface area contributed by atoms with Crippen molar-refractivity contribution in [1.82, 2.24) is 0 Å². The minimum atomic E-state index is 0.0841. The zero-order chi connectivity index (χ0) is 10.6. The third-order valence-corrected chi connectivity index (χ3v) is 4.62. The molecule has 0 aliphatic carbocycles. The van der Waals surface area contributed by atoms with Crippen LogP contribution < -0.4 is 0 Å². The molecule has 4 heteroatoms. The molecule has 2 rings (SSSR count). The summed E-state index contributed by atoms with van der Waals surface area (Å²) in [6.07, 6.45) is 4.62. The van der Waals surface area contributed by atoms with Gasteiger partial charge in [0.2, 0.25) is 0 Å². The van der Waals surface area contributed by atoms with E-state index in [9.17, 15) is 0 Å². The second-order valence-corrected chi connectivity index (χ2v) is 5.12. The van der Waals surface area contributed by atoms with Crippen molar-refractivity contribution in [3.63, 3.8) is 0 Å². The van der Waals surface area contributed by atoms with E-state index in [1.807, 2.05) is 0 Å². The van der Waals surface area contributed by atoms with Crippen LogP contribution in [0.1, 0.15) is 25.7 Å². The van der Waals surface area contributed by atoms with E-state index in [0.29, 0.717) is 6.10 Å². The Bertz CT molecular complexity index is 186. The fraction of sp³-hybridized carbons (Fsp3) is 1.00. The molecule has 0 spiro atoms. The minimum Gasteiger partial charge on any atom is -0.381 e. The maximum atomic E-state index is 6.30. The standard InChI is InChI=1S/C11H19IO3/c12-9-11(3-7-14-8-4-11)15-10-1-5-13-6-2-10/h10H,1-9H2. The van der Waals surface area contributed by atoms with Crippen LogP contribution >= 0.6 is 22.6 Å². The summed E-state index contributed by atoms with van der Waals surface area (Å²) in [5, 5.41) is 0. The minimum absolute atomic E-state index is 0.0841. The van der Waals surface area contributed by atoms with Gasteiger partial charge in [-0.25, -0.2) is 0 Å². The third-order valence-electron chi connectivity index (χ3n) is 3.23. The van der Waals surface area contributed by atoms with Gasteiger partial charge in [-0.1, -0.05) is 22.6 Å². The Labute approximate surface area is 105 Å². The van der Waals surface area contributed by atoms with Crippen molar-refractivity contribution in [1.29, 1.82) is 0 Å². The van der Waals surface area contributed by atoms with E-state index in [0.717, 1.165) is 56.5 Å². The molecule has 0 saturated carbocycles. The first kappa shape index (κ1) is 12.1. The highest BCUT2D eigenvalue weighted by Crippen LogP contribution is 2.31. The Kier molecular flexibility index (Phi) is 4.67.